The molecule has 2 amide bonds. The quantitative estimate of drug-likeness (QED) is 0.690. The number of hydrogen-bond acceptors (Lipinski definition) is 3. The zero-order valence-electron chi connectivity index (χ0n) is 13.3. The summed E-state index contributed by atoms with van der Waals surface area (Å²) >= 11 is 0. The monoisotopic (exact) mass is 312 g/mol. The van der Waals surface area contributed by atoms with Crippen LogP contribution >= 0.6 is 0 Å². The summed E-state index contributed by atoms with van der Waals surface area (Å²) in [5, 5.41) is 14.7. The first kappa shape index (κ1) is 18.2. The van der Waals surface area contributed by atoms with Crippen molar-refractivity contribution in [2.45, 2.75) is 39.4 Å². The van der Waals surface area contributed by atoms with E-state index in [2.05, 4.69) is 10.6 Å². The summed E-state index contributed by atoms with van der Waals surface area (Å²) in [5.74, 6) is 0.448. The molecule has 3 N–H and O–H groups in total. The Bertz CT molecular complexity index is 451. The fourth-order valence-electron chi connectivity index (χ4n) is 2.02. The smallest absolute Gasteiger partial charge is 0.314 e. The molecule has 22 heavy (non-hydrogen) atoms. The number of aliphatic hydroxyl groups excluding tert-OH is 1. The lowest BCUT2D eigenvalue weighted by Gasteiger charge is -2.17. The van der Waals surface area contributed by atoms with Crippen molar-refractivity contribution in [1.82, 2.24) is 10.6 Å². The number of aliphatic hydroxyl groups is 1. The molecule has 0 fully saturated rings. The van der Waals surface area contributed by atoms with Gasteiger partial charge in [-0.15, -0.1) is 0 Å². The van der Waals surface area contributed by atoms with Crippen molar-refractivity contribution < 1.29 is 19.0 Å². The Morgan fingerprint density at radius 1 is 1.18 bits per heavy atom. The van der Waals surface area contributed by atoms with Crippen LogP contribution in [0, 0.1) is 11.7 Å². The van der Waals surface area contributed by atoms with Gasteiger partial charge >= 0.3 is 6.03 Å². The number of halogens is 1. The van der Waals surface area contributed by atoms with Crippen LogP contribution in [-0.4, -0.2) is 36.4 Å². The number of carbonyl (C=O) groups is 1. The maximum Gasteiger partial charge on any atom is 0.314 e. The van der Waals surface area contributed by atoms with Crippen molar-refractivity contribution in [2.24, 2.45) is 5.92 Å². The van der Waals surface area contributed by atoms with Crippen molar-refractivity contribution >= 4 is 6.03 Å². The van der Waals surface area contributed by atoms with Gasteiger partial charge < -0.3 is 20.5 Å². The Morgan fingerprint density at radius 3 is 2.36 bits per heavy atom. The molecule has 0 heterocycles. The van der Waals surface area contributed by atoms with E-state index >= 15 is 0 Å². The molecule has 0 saturated carbocycles. The summed E-state index contributed by atoms with van der Waals surface area (Å²) in [4.78, 5) is 11.6. The van der Waals surface area contributed by atoms with Crippen LogP contribution in [0.1, 0.15) is 27.2 Å². The van der Waals surface area contributed by atoms with Gasteiger partial charge in [-0.3, -0.25) is 0 Å². The highest BCUT2D eigenvalue weighted by molar-refractivity contribution is 5.73. The third-order valence-corrected chi connectivity index (χ3v) is 3.06. The van der Waals surface area contributed by atoms with Crippen LogP contribution in [0.2, 0.25) is 0 Å². The first-order chi connectivity index (χ1) is 10.4. The topological polar surface area (TPSA) is 70.6 Å². The molecular formula is C16H25FN2O3. The second kappa shape index (κ2) is 9.25. The SMILES string of the molecule is CC(O)CC(C)CNC(=O)NCC(C)Oc1ccc(F)cc1. The van der Waals surface area contributed by atoms with E-state index in [4.69, 9.17) is 4.74 Å². The molecule has 0 aliphatic heterocycles. The lowest BCUT2D eigenvalue weighted by atomic mass is 10.1. The highest BCUT2D eigenvalue weighted by Crippen LogP contribution is 2.12. The lowest BCUT2D eigenvalue weighted by molar-refractivity contribution is 0.163. The van der Waals surface area contributed by atoms with Gasteiger partial charge in [0, 0.05) is 6.54 Å². The Hall–Kier alpha value is -1.82. The van der Waals surface area contributed by atoms with E-state index < -0.39 is 0 Å². The second-order valence-electron chi connectivity index (χ2n) is 5.66. The third kappa shape index (κ3) is 7.83. The van der Waals surface area contributed by atoms with Gasteiger partial charge in [0.15, 0.2) is 0 Å². The number of hydrogen-bond donors (Lipinski definition) is 3. The Morgan fingerprint density at radius 2 is 1.77 bits per heavy atom. The highest BCUT2D eigenvalue weighted by atomic mass is 19.1. The van der Waals surface area contributed by atoms with Crippen LogP contribution in [0.25, 0.3) is 0 Å². The number of nitrogens with one attached hydrogen (secondary N) is 2. The maximum atomic E-state index is 12.8. The van der Waals surface area contributed by atoms with E-state index in [-0.39, 0.29) is 30.0 Å². The minimum Gasteiger partial charge on any atom is -0.489 e. The maximum absolute atomic E-state index is 12.8. The standard InChI is InChI=1S/C16H25FN2O3/c1-11(8-12(2)20)9-18-16(21)19-10-13(3)22-15-6-4-14(17)5-7-15/h4-7,11-13,20H,8-10H2,1-3H3,(H2,18,19,21). The fourth-order valence-corrected chi connectivity index (χ4v) is 2.02. The first-order valence-electron chi connectivity index (χ1n) is 7.48. The molecule has 3 atom stereocenters. The highest BCUT2D eigenvalue weighted by Gasteiger charge is 2.10. The number of carbonyl (C=O) groups excluding carboxylic acids is 1. The van der Waals surface area contributed by atoms with E-state index in [1.54, 1.807) is 19.1 Å². The molecule has 0 aliphatic carbocycles. The van der Waals surface area contributed by atoms with E-state index in [9.17, 15) is 14.3 Å². The number of ether oxygens (including phenoxy) is 1. The fraction of sp³-hybridized carbons (Fsp3) is 0.562. The zero-order chi connectivity index (χ0) is 16.5. The van der Waals surface area contributed by atoms with E-state index in [0.717, 1.165) is 0 Å². The van der Waals surface area contributed by atoms with Crippen LogP contribution in [0.15, 0.2) is 24.3 Å². The number of benzene rings is 1. The third-order valence-electron chi connectivity index (χ3n) is 3.06. The van der Waals surface area contributed by atoms with Gasteiger partial charge in [0.1, 0.15) is 17.7 Å². The first-order valence-corrected chi connectivity index (χ1v) is 7.48. The van der Waals surface area contributed by atoms with Crippen LogP contribution in [-0.2, 0) is 0 Å². The molecule has 0 radical (unpaired) electrons. The molecular weight excluding hydrogens is 287 g/mol. The lowest BCUT2D eigenvalue weighted by Crippen LogP contribution is -2.42. The number of rotatable bonds is 8. The molecule has 1 aromatic rings. The zero-order valence-corrected chi connectivity index (χ0v) is 13.3. The summed E-state index contributed by atoms with van der Waals surface area (Å²) in [6.07, 6.45) is 0.0414. The molecule has 0 aliphatic rings. The van der Waals surface area contributed by atoms with Gasteiger partial charge in [-0.1, -0.05) is 6.92 Å². The van der Waals surface area contributed by atoms with Crippen molar-refractivity contribution in [3.8, 4) is 5.75 Å². The molecule has 1 aromatic carbocycles. The Balaban J connectivity index is 2.21. The van der Waals surface area contributed by atoms with Gasteiger partial charge in [-0.25, -0.2) is 9.18 Å². The van der Waals surface area contributed by atoms with Crippen LogP contribution in [0.3, 0.4) is 0 Å². The van der Waals surface area contributed by atoms with Crippen LogP contribution in [0.4, 0.5) is 9.18 Å². The normalized spacial score (nSPS) is 14.8. The van der Waals surface area contributed by atoms with Gasteiger partial charge in [-0.05, 0) is 50.5 Å². The molecule has 0 saturated heterocycles. The molecule has 0 aromatic heterocycles. The van der Waals surface area contributed by atoms with Crippen molar-refractivity contribution in [3.05, 3.63) is 30.1 Å². The van der Waals surface area contributed by atoms with Gasteiger partial charge in [-0.2, -0.15) is 0 Å². The Labute approximate surface area is 130 Å². The largest absolute Gasteiger partial charge is 0.489 e. The summed E-state index contributed by atoms with van der Waals surface area (Å²) in [5.41, 5.74) is 0. The summed E-state index contributed by atoms with van der Waals surface area (Å²) < 4.78 is 18.3. The predicted molar refractivity (Wildman–Crippen MR) is 83.4 cm³/mol. The number of amides is 2. The average Bonchev–Trinajstić information content (AvgIpc) is 2.44. The van der Waals surface area contributed by atoms with E-state index in [1.807, 2.05) is 13.8 Å². The summed E-state index contributed by atoms with van der Waals surface area (Å²) in [6, 6.07) is 5.47. The summed E-state index contributed by atoms with van der Waals surface area (Å²) in [6.45, 7) is 6.36. The van der Waals surface area contributed by atoms with Gasteiger partial charge in [0.2, 0.25) is 0 Å². The average molecular weight is 312 g/mol. The van der Waals surface area contributed by atoms with Crippen LogP contribution in [0.5, 0.6) is 5.75 Å². The molecule has 0 spiro atoms. The minimum atomic E-state index is -0.371. The predicted octanol–water partition coefficient (Wildman–Crippen LogP) is 2.30. The van der Waals surface area contributed by atoms with Crippen molar-refractivity contribution in [3.63, 3.8) is 0 Å². The second-order valence-corrected chi connectivity index (χ2v) is 5.66. The molecule has 5 nitrogen and oxygen atoms in total. The van der Waals surface area contributed by atoms with E-state index in [0.29, 0.717) is 25.3 Å². The van der Waals surface area contributed by atoms with E-state index in [1.165, 1.54) is 12.1 Å². The molecule has 0 bridgehead atoms. The van der Waals surface area contributed by atoms with Gasteiger partial charge in [0.25, 0.3) is 0 Å². The number of urea groups is 1. The molecule has 124 valence electrons. The van der Waals surface area contributed by atoms with Gasteiger partial charge in [0.05, 0.1) is 12.6 Å². The summed E-state index contributed by atoms with van der Waals surface area (Å²) in [7, 11) is 0. The van der Waals surface area contributed by atoms with Crippen LogP contribution < -0.4 is 15.4 Å². The van der Waals surface area contributed by atoms with Crippen molar-refractivity contribution in [1.29, 1.82) is 0 Å². The molecule has 6 heteroatoms. The minimum absolute atomic E-state index is 0.207. The molecule has 3 unspecified atom stereocenters. The van der Waals surface area contributed by atoms with Crippen molar-refractivity contribution in [2.75, 3.05) is 13.1 Å². The Kier molecular flexibility index (Phi) is 7.66. The molecule has 1 rings (SSSR count).